The van der Waals surface area contributed by atoms with Crippen LogP contribution < -0.4 is 5.32 Å². The fourth-order valence-electron chi connectivity index (χ4n) is 3.64. The van der Waals surface area contributed by atoms with Crippen LogP contribution >= 0.6 is 0 Å². The topological polar surface area (TPSA) is 58.6 Å². The third kappa shape index (κ3) is 5.70. The van der Waals surface area contributed by atoms with E-state index in [0.717, 1.165) is 19.5 Å². The lowest BCUT2D eigenvalue weighted by Gasteiger charge is -2.37. The van der Waals surface area contributed by atoms with Crippen LogP contribution in [0.2, 0.25) is 0 Å². The number of amides is 2. The number of piperidine rings is 1. The standard InChI is InChI=1S/C18H32N2O3/c1-13-12-20(16(21)11-14-7-5-6-8-14)10-9-15(13)19-17(22)23-18(2,3)4/h13-15H,5-12H2,1-4H3,(H,19,22)/t13-,15-/m0/s1. The number of likely N-dealkylation sites (tertiary alicyclic amines) is 1. The fraction of sp³-hybridized carbons (Fsp3) is 0.889. The highest BCUT2D eigenvalue weighted by atomic mass is 16.6. The van der Waals surface area contributed by atoms with Crippen LogP contribution in [-0.4, -0.2) is 41.6 Å². The summed E-state index contributed by atoms with van der Waals surface area (Å²) in [6, 6.07) is 0.0837. The molecule has 0 aromatic carbocycles. The molecule has 132 valence electrons. The Morgan fingerprint density at radius 1 is 1.17 bits per heavy atom. The third-order valence-electron chi connectivity index (χ3n) is 4.90. The first-order chi connectivity index (χ1) is 10.7. The summed E-state index contributed by atoms with van der Waals surface area (Å²) >= 11 is 0. The number of rotatable bonds is 3. The van der Waals surface area contributed by atoms with E-state index in [1.54, 1.807) is 0 Å². The lowest BCUT2D eigenvalue weighted by Crippen LogP contribution is -2.52. The highest BCUT2D eigenvalue weighted by Gasteiger charge is 2.31. The van der Waals surface area contributed by atoms with Crippen molar-refractivity contribution in [3.8, 4) is 0 Å². The molecule has 0 bridgehead atoms. The number of alkyl carbamates (subject to hydrolysis) is 1. The van der Waals surface area contributed by atoms with Gasteiger partial charge < -0.3 is 15.0 Å². The Morgan fingerprint density at radius 2 is 1.83 bits per heavy atom. The van der Waals surface area contributed by atoms with E-state index in [0.29, 0.717) is 18.2 Å². The maximum absolute atomic E-state index is 12.4. The van der Waals surface area contributed by atoms with Crippen LogP contribution in [0.3, 0.4) is 0 Å². The molecule has 0 radical (unpaired) electrons. The van der Waals surface area contributed by atoms with E-state index in [2.05, 4.69) is 12.2 Å². The first kappa shape index (κ1) is 18.1. The quantitative estimate of drug-likeness (QED) is 0.866. The molecule has 2 rings (SSSR count). The van der Waals surface area contributed by atoms with E-state index in [1.165, 1.54) is 25.7 Å². The van der Waals surface area contributed by atoms with E-state index in [4.69, 9.17) is 4.74 Å². The second kappa shape index (κ2) is 7.54. The van der Waals surface area contributed by atoms with Gasteiger partial charge in [-0.3, -0.25) is 4.79 Å². The van der Waals surface area contributed by atoms with E-state index in [9.17, 15) is 9.59 Å². The van der Waals surface area contributed by atoms with Gasteiger partial charge in [0.25, 0.3) is 0 Å². The van der Waals surface area contributed by atoms with E-state index in [-0.39, 0.29) is 18.1 Å². The molecular formula is C18H32N2O3. The van der Waals surface area contributed by atoms with E-state index < -0.39 is 5.60 Å². The van der Waals surface area contributed by atoms with Gasteiger partial charge in [0.15, 0.2) is 0 Å². The van der Waals surface area contributed by atoms with Crippen LogP contribution in [0.25, 0.3) is 0 Å². The molecule has 0 aromatic heterocycles. The molecule has 2 amide bonds. The van der Waals surface area contributed by atoms with Crippen molar-refractivity contribution >= 4 is 12.0 Å². The monoisotopic (exact) mass is 324 g/mol. The van der Waals surface area contributed by atoms with E-state index in [1.807, 2.05) is 25.7 Å². The Kier molecular flexibility index (Phi) is 5.93. The van der Waals surface area contributed by atoms with Gasteiger partial charge in [-0.2, -0.15) is 0 Å². The molecule has 0 unspecified atom stereocenters. The molecule has 1 saturated heterocycles. The molecule has 1 N–H and O–H groups in total. The average Bonchev–Trinajstić information content (AvgIpc) is 2.91. The molecule has 0 spiro atoms. The van der Waals surface area contributed by atoms with Gasteiger partial charge in [-0.15, -0.1) is 0 Å². The minimum Gasteiger partial charge on any atom is -0.444 e. The summed E-state index contributed by atoms with van der Waals surface area (Å²) < 4.78 is 5.32. The van der Waals surface area contributed by atoms with Crippen molar-refractivity contribution in [3.63, 3.8) is 0 Å². The molecule has 5 heteroatoms. The van der Waals surface area contributed by atoms with Gasteiger partial charge in [-0.1, -0.05) is 19.8 Å². The van der Waals surface area contributed by atoms with Gasteiger partial charge in [-0.05, 0) is 51.9 Å². The van der Waals surface area contributed by atoms with Crippen molar-refractivity contribution in [2.45, 2.75) is 77.9 Å². The maximum atomic E-state index is 12.4. The predicted octanol–water partition coefficient (Wildman–Crippen LogP) is 3.33. The first-order valence-electron chi connectivity index (χ1n) is 9.02. The zero-order valence-corrected chi connectivity index (χ0v) is 15.1. The molecule has 0 aromatic rings. The second-order valence-corrected chi connectivity index (χ2v) is 8.21. The molecule has 23 heavy (non-hydrogen) atoms. The number of carbonyl (C=O) groups excluding carboxylic acids is 2. The molecule has 1 aliphatic carbocycles. The first-order valence-corrected chi connectivity index (χ1v) is 9.02. The van der Waals surface area contributed by atoms with Crippen LogP contribution in [0.15, 0.2) is 0 Å². The van der Waals surface area contributed by atoms with Crippen LogP contribution in [0.1, 0.15) is 66.2 Å². The van der Waals surface area contributed by atoms with Crippen LogP contribution in [0, 0.1) is 11.8 Å². The Balaban J connectivity index is 1.77. The lowest BCUT2D eigenvalue weighted by molar-refractivity contribution is -0.134. The normalized spacial score (nSPS) is 26.2. The van der Waals surface area contributed by atoms with Crippen molar-refractivity contribution in [2.75, 3.05) is 13.1 Å². The number of hydrogen-bond donors (Lipinski definition) is 1. The second-order valence-electron chi connectivity index (χ2n) is 8.21. The summed E-state index contributed by atoms with van der Waals surface area (Å²) in [6.45, 7) is 9.14. The Bertz CT molecular complexity index is 424. The highest BCUT2D eigenvalue weighted by molar-refractivity contribution is 5.76. The Morgan fingerprint density at radius 3 is 2.39 bits per heavy atom. The van der Waals surface area contributed by atoms with Crippen molar-refractivity contribution in [1.82, 2.24) is 10.2 Å². The zero-order valence-electron chi connectivity index (χ0n) is 15.1. The number of carbonyl (C=O) groups is 2. The van der Waals surface area contributed by atoms with Gasteiger partial charge in [0.2, 0.25) is 5.91 Å². The largest absolute Gasteiger partial charge is 0.444 e. The number of hydrogen-bond acceptors (Lipinski definition) is 3. The number of nitrogens with zero attached hydrogens (tertiary/aromatic N) is 1. The van der Waals surface area contributed by atoms with Gasteiger partial charge in [-0.25, -0.2) is 4.79 Å². The van der Waals surface area contributed by atoms with E-state index >= 15 is 0 Å². The van der Waals surface area contributed by atoms with Crippen LogP contribution in [0.5, 0.6) is 0 Å². The van der Waals surface area contributed by atoms with Crippen molar-refractivity contribution in [1.29, 1.82) is 0 Å². The maximum Gasteiger partial charge on any atom is 0.407 e. The zero-order chi connectivity index (χ0) is 17.0. The van der Waals surface area contributed by atoms with Crippen molar-refractivity contribution in [3.05, 3.63) is 0 Å². The SMILES string of the molecule is C[C@H]1CN(C(=O)CC2CCCC2)CC[C@@H]1NC(=O)OC(C)(C)C. The molecule has 1 saturated carbocycles. The molecule has 2 fully saturated rings. The van der Waals surface area contributed by atoms with Crippen molar-refractivity contribution < 1.29 is 14.3 Å². The smallest absolute Gasteiger partial charge is 0.407 e. The van der Waals surface area contributed by atoms with Gasteiger partial charge >= 0.3 is 6.09 Å². The van der Waals surface area contributed by atoms with Crippen LogP contribution in [-0.2, 0) is 9.53 Å². The summed E-state index contributed by atoms with van der Waals surface area (Å²) in [7, 11) is 0. The molecule has 2 aliphatic rings. The minimum atomic E-state index is -0.481. The van der Waals surface area contributed by atoms with Gasteiger partial charge in [0.1, 0.15) is 5.60 Å². The molecular weight excluding hydrogens is 292 g/mol. The summed E-state index contributed by atoms with van der Waals surface area (Å²) in [5, 5.41) is 2.96. The van der Waals surface area contributed by atoms with Gasteiger partial charge in [0.05, 0.1) is 0 Å². The molecule has 2 atom stereocenters. The third-order valence-corrected chi connectivity index (χ3v) is 4.90. The summed E-state index contributed by atoms with van der Waals surface area (Å²) in [4.78, 5) is 26.3. The Labute approximate surface area is 140 Å². The number of ether oxygens (including phenoxy) is 1. The lowest BCUT2D eigenvalue weighted by atomic mass is 9.93. The van der Waals surface area contributed by atoms with Crippen LogP contribution in [0.4, 0.5) is 4.79 Å². The summed E-state index contributed by atoms with van der Waals surface area (Å²) in [5.41, 5.74) is -0.481. The van der Waals surface area contributed by atoms with Crippen molar-refractivity contribution in [2.24, 2.45) is 11.8 Å². The fourth-order valence-corrected chi connectivity index (χ4v) is 3.64. The molecule has 1 heterocycles. The number of nitrogens with one attached hydrogen (secondary N) is 1. The molecule has 1 aliphatic heterocycles. The van der Waals surface area contributed by atoms with Gasteiger partial charge in [0, 0.05) is 25.6 Å². The summed E-state index contributed by atoms with van der Waals surface area (Å²) in [6.07, 6.45) is 6.11. The predicted molar refractivity (Wildman–Crippen MR) is 90.1 cm³/mol. The average molecular weight is 324 g/mol. The highest BCUT2D eigenvalue weighted by Crippen LogP contribution is 2.29. The molecule has 5 nitrogen and oxygen atoms in total. The minimum absolute atomic E-state index is 0.0837. The Hall–Kier alpha value is -1.26. The summed E-state index contributed by atoms with van der Waals surface area (Å²) in [5.74, 6) is 1.14.